The zero-order chi connectivity index (χ0) is 33.8. The molecule has 7 aromatic rings. The van der Waals surface area contributed by atoms with Crippen LogP contribution in [-0.4, -0.2) is 9.13 Å². The topological polar surface area (TPSA) is 81.2 Å². The first-order valence-corrected chi connectivity index (χ1v) is 16.9. The van der Waals surface area contributed by atoms with Gasteiger partial charge in [0, 0.05) is 50.1 Å². The number of hydrogen-bond acceptors (Lipinski definition) is 3. The van der Waals surface area contributed by atoms with E-state index in [2.05, 4.69) is 100 Å². The Morgan fingerprint density at radius 3 is 2.14 bits per heavy atom. The van der Waals surface area contributed by atoms with Gasteiger partial charge in [-0.15, -0.1) is 0 Å². The van der Waals surface area contributed by atoms with Crippen LogP contribution in [0.3, 0.4) is 0 Å². The highest BCUT2D eigenvalue weighted by Gasteiger charge is 2.23. The molecular formula is C45H29N5. The minimum atomic E-state index is 0.544. The number of nitrogens with zero attached hydrogens (tertiary/aromatic N) is 5. The number of benzene rings is 5. The van der Waals surface area contributed by atoms with Crippen LogP contribution >= 0.6 is 0 Å². The van der Waals surface area contributed by atoms with Gasteiger partial charge in [0.15, 0.2) is 0 Å². The molecule has 5 nitrogen and oxygen atoms in total. The Labute approximate surface area is 290 Å². The van der Waals surface area contributed by atoms with Gasteiger partial charge < -0.3 is 9.13 Å². The van der Waals surface area contributed by atoms with E-state index in [0.29, 0.717) is 16.7 Å². The molecule has 234 valence electrons. The molecule has 0 fully saturated rings. The Hall–Kier alpha value is -6.87. The summed E-state index contributed by atoms with van der Waals surface area (Å²) in [5.41, 5.74) is 14.2. The zero-order valence-electron chi connectivity index (χ0n) is 27.2. The molecule has 2 aliphatic carbocycles. The molecule has 0 bridgehead atoms. The van der Waals surface area contributed by atoms with E-state index in [1.807, 2.05) is 54.6 Å². The number of rotatable bonds is 4. The molecule has 2 aromatic heterocycles. The smallest absolute Gasteiger partial charge is 0.100 e. The fourth-order valence-electron chi connectivity index (χ4n) is 7.98. The van der Waals surface area contributed by atoms with E-state index in [1.165, 1.54) is 22.2 Å². The Bertz CT molecular complexity index is 2730. The number of aryl methyl sites for hydroxylation is 1. The van der Waals surface area contributed by atoms with Crippen molar-refractivity contribution in [2.45, 2.75) is 25.7 Å². The van der Waals surface area contributed by atoms with E-state index in [9.17, 15) is 15.8 Å². The first-order valence-electron chi connectivity index (χ1n) is 16.9. The summed E-state index contributed by atoms with van der Waals surface area (Å²) in [4.78, 5) is 0. The molecule has 0 aliphatic heterocycles. The van der Waals surface area contributed by atoms with E-state index in [4.69, 9.17) is 0 Å². The Kier molecular flexibility index (Phi) is 6.84. The van der Waals surface area contributed by atoms with Crippen molar-refractivity contribution in [1.82, 2.24) is 9.13 Å². The Morgan fingerprint density at radius 1 is 0.560 bits per heavy atom. The number of fused-ring (bicyclic) bond motifs is 6. The maximum Gasteiger partial charge on any atom is 0.100 e. The van der Waals surface area contributed by atoms with Gasteiger partial charge in [-0.05, 0) is 97.5 Å². The quantitative estimate of drug-likeness (QED) is 0.192. The van der Waals surface area contributed by atoms with E-state index >= 15 is 0 Å². The summed E-state index contributed by atoms with van der Waals surface area (Å²) in [5.74, 6) is 0. The van der Waals surface area contributed by atoms with Gasteiger partial charge in [-0.25, -0.2) is 0 Å². The number of nitriles is 3. The second-order valence-corrected chi connectivity index (χ2v) is 12.9. The molecule has 5 aromatic carbocycles. The first kappa shape index (κ1) is 29.3. The number of hydrogen-bond donors (Lipinski definition) is 0. The minimum Gasteiger partial charge on any atom is -0.313 e. The van der Waals surface area contributed by atoms with Crippen molar-refractivity contribution in [3.63, 3.8) is 0 Å². The van der Waals surface area contributed by atoms with Crippen molar-refractivity contribution in [3.05, 3.63) is 154 Å². The summed E-state index contributed by atoms with van der Waals surface area (Å²) in [6.45, 7) is 0. The summed E-state index contributed by atoms with van der Waals surface area (Å²) in [5, 5.41) is 32.6. The molecule has 0 N–H and O–H groups in total. The standard InChI is InChI=1S/C45H29N5/c46-26-29-17-23-45(50-42-14-5-1-8-35(42)36-9-2-6-15-43(36)50)38(24-29)34-12-7-11-33(40(34)28-48)31-18-20-32(21-19-31)49-41-13-4-3-10-37(41)39-25-30(27-47)16-22-44(39)49/h1,3,5-8,10-12,14-25H,2,4,9,13H2. The van der Waals surface area contributed by atoms with Crippen molar-refractivity contribution in [2.24, 2.45) is 0 Å². The zero-order valence-corrected chi connectivity index (χ0v) is 27.2. The van der Waals surface area contributed by atoms with Crippen LogP contribution in [0.25, 0.3) is 67.6 Å². The molecular weight excluding hydrogens is 611 g/mol. The van der Waals surface area contributed by atoms with Crippen LogP contribution in [0, 0.1) is 34.0 Å². The molecule has 2 aliphatic rings. The number of allylic oxidation sites excluding steroid dienone is 2. The minimum absolute atomic E-state index is 0.544. The van der Waals surface area contributed by atoms with Crippen LogP contribution in [0.1, 0.15) is 52.0 Å². The Morgan fingerprint density at radius 2 is 1.30 bits per heavy atom. The van der Waals surface area contributed by atoms with Crippen LogP contribution in [0.15, 0.2) is 115 Å². The molecule has 50 heavy (non-hydrogen) atoms. The maximum absolute atomic E-state index is 10.8. The predicted molar refractivity (Wildman–Crippen MR) is 200 cm³/mol. The lowest BCUT2D eigenvalue weighted by Crippen LogP contribution is -2.04. The third-order valence-corrected chi connectivity index (χ3v) is 10.2. The number of para-hydroxylation sites is 1. The van der Waals surface area contributed by atoms with Gasteiger partial charge in [-0.2, -0.15) is 15.8 Å². The lowest BCUT2D eigenvalue weighted by Gasteiger charge is -2.18. The van der Waals surface area contributed by atoms with Gasteiger partial charge >= 0.3 is 0 Å². The van der Waals surface area contributed by atoms with Gasteiger partial charge in [-0.3, -0.25) is 0 Å². The molecule has 2 heterocycles. The van der Waals surface area contributed by atoms with Crippen molar-refractivity contribution >= 4 is 34.0 Å². The van der Waals surface area contributed by atoms with Crippen LogP contribution in [0.2, 0.25) is 0 Å². The van der Waals surface area contributed by atoms with E-state index < -0.39 is 0 Å². The molecule has 0 unspecified atom stereocenters. The summed E-state index contributed by atoms with van der Waals surface area (Å²) in [6, 6.07) is 41.7. The molecule has 9 rings (SSSR count). The largest absolute Gasteiger partial charge is 0.313 e. The van der Waals surface area contributed by atoms with Crippen LogP contribution in [0.4, 0.5) is 0 Å². The van der Waals surface area contributed by atoms with Gasteiger partial charge in [0.2, 0.25) is 0 Å². The van der Waals surface area contributed by atoms with Gasteiger partial charge in [-0.1, -0.05) is 66.8 Å². The molecule has 0 saturated carbocycles. The lowest BCUT2D eigenvalue weighted by molar-refractivity contribution is 0.888. The normalized spacial score (nSPS) is 13.1. The molecule has 0 radical (unpaired) electrons. The average Bonchev–Trinajstić information content (AvgIpc) is 3.70. The molecule has 0 atom stereocenters. The summed E-state index contributed by atoms with van der Waals surface area (Å²) in [7, 11) is 0. The highest BCUT2D eigenvalue weighted by molar-refractivity contribution is 5.95. The second-order valence-electron chi connectivity index (χ2n) is 12.9. The number of aromatic nitrogens is 2. The summed E-state index contributed by atoms with van der Waals surface area (Å²) >= 11 is 0. The van der Waals surface area contributed by atoms with Gasteiger partial charge in [0.25, 0.3) is 0 Å². The third kappa shape index (κ3) is 4.44. The van der Waals surface area contributed by atoms with E-state index in [0.717, 1.165) is 81.4 Å². The van der Waals surface area contributed by atoms with Crippen molar-refractivity contribution < 1.29 is 0 Å². The molecule has 5 heteroatoms. The van der Waals surface area contributed by atoms with Crippen LogP contribution in [0.5, 0.6) is 0 Å². The molecule has 0 spiro atoms. The Balaban J connectivity index is 1.20. The highest BCUT2D eigenvalue weighted by Crippen LogP contribution is 2.41. The van der Waals surface area contributed by atoms with Crippen LogP contribution < -0.4 is 0 Å². The van der Waals surface area contributed by atoms with Gasteiger partial charge in [0.1, 0.15) is 6.07 Å². The third-order valence-electron chi connectivity index (χ3n) is 10.2. The maximum atomic E-state index is 10.8. The predicted octanol–water partition coefficient (Wildman–Crippen LogP) is 10.4. The summed E-state index contributed by atoms with van der Waals surface area (Å²) < 4.78 is 4.59. The van der Waals surface area contributed by atoms with Crippen molar-refractivity contribution in [3.8, 4) is 51.8 Å². The van der Waals surface area contributed by atoms with Crippen molar-refractivity contribution in [2.75, 3.05) is 0 Å². The SMILES string of the molecule is N#Cc1ccc(-n2c3c(c4ccccc42)CCC=C3)c(-c2cccc(-c3ccc(-n4c5c(c6cc(C#N)ccc64)C=CCC5)cc3)c2C#N)c1. The highest BCUT2D eigenvalue weighted by atomic mass is 15.0. The molecule has 0 amide bonds. The second kappa shape index (κ2) is 11.7. The lowest BCUT2D eigenvalue weighted by atomic mass is 9.90. The van der Waals surface area contributed by atoms with Crippen molar-refractivity contribution in [1.29, 1.82) is 15.8 Å². The first-order chi connectivity index (χ1) is 24.7. The molecule has 0 saturated heterocycles. The van der Waals surface area contributed by atoms with Gasteiger partial charge in [0.05, 0.1) is 45.5 Å². The monoisotopic (exact) mass is 639 g/mol. The van der Waals surface area contributed by atoms with E-state index in [-0.39, 0.29) is 0 Å². The van der Waals surface area contributed by atoms with Crippen LogP contribution in [-0.2, 0) is 12.8 Å². The van der Waals surface area contributed by atoms with E-state index in [1.54, 1.807) is 0 Å². The fourth-order valence-corrected chi connectivity index (χ4v) is 7.98. The fraction of sp³-hybridized carbons (Fsp3) is 0.0889. The summed E-state index contributed by atoms with van der Waals surface area (Å²) in [6.07, 6.45) is 12.7. The average molecular weight is 640 g/mol.